The van der Waals surface area contributed by atoms with Gasteiger partial charge in [0.25, 0.3) is 0 Å². The molecule has 158 valence electrons. The largest absolute Gasteiger partial charge is 0.455 e. The van der Waals surface area contributed by atoms with E-state index in [1.165, 1.54) is 23.5 Å². The maximum Gasteiger partial charge on any atom is 0.455 e. The zero-order valence-corrected chi connectivity index (χ0v) is 17.2. The molecule has 30 heavy (non-hydrogen) atoms. The van der Waals surface area contributed by atoms with Crippen LogP contribution in [0.1, 0.15) is 10.4 Å². The molecule has 0 unspecified atom stereocenters. The van der Waals surface area contributed by atoms with Gasteiger partial charge in [-0.05, 0) is 43.7 Å². The van der Waals surface area contributed by atoms with E-state index in [0.717, 1.165) is 15.5 Å². The van der Waals surface area contributed by atoms with Crippen LogP contribution in [-0.4, -0.2) is 21.6 Å². The highest BCUT2D eigenvalue weighted by atomic mass is 35.5. The number of pyridine rings is 1. The van der Waals surface area contributed by atoms with E-state index < -0.39 is 24.2 Å². The Bertz CT molecular complexity index is 1350. The van der Waals surface area contributed by atoms with Crippen molar-refractivity contribution in [2.24, 2.45) is 0 Å². The predicted octanol–water partition coefficient (Wildman–Crippen LogP) is 6.68. The minimum absolute atomic E-state index is 0.0936. The van der Waals surface area contributed by atoms with Gasteiger partial charge in [-0.1, -0.05) is 11.6 Å². The Balaban J connectivity index is 2.13. The van der Waals surface area contributed by atoms with Gasteiger partial charge in [-0.3, -0.25) is 4.79 Å². The molecule has 0 aliphatic heterocycles. The molecule has 0 saturated carbocycles. The molecule has 0 spiro atoms. The Morgan fingerprint density at radius 3 is 2.37 bits per heavy atom. The monoisotopic (exact) mass is 460 g/mol. The number of nitrogens with one attached hydrogen (secondary N) is 1. The molecule has 0 aliphatic carbocycles. The number of aromatic nitrogens is 2. The molecule has 0 atom stereocenters. The molecule has 0 aliphatic rings. The minimum atomic E-state index is -5.69. The molecule has 0 saturated heterocycles. The lowest BCUT2D eigenvalue weighted by Gasteiger charge is -2.22. The van der Waals surface area contributed by atoms with Crippen LogP contribution in [0, 0.1) is 13.8 Å². The second-order valence-electron chi connectivity index (χ2n) is 7.04. The molecular formula is C20H14ClF5N2OS. The zero-order chi connectivity index (χ0) is 22.0. The van der Waals surface area contributed by atoms with E-state index in [2.05, 4.69) is 4.98 Å². The number of halogens is 6. The number of aromatic amines is 1. The third-order valence-corrected chi connectivity index (χ3v) is 6.28. The first kappa shape index (κ1) is 20.9. The molecule has 4 rings (SSSR count). The van der Waals surface area contributed by atoms with Crippen molar-refractivity contribution in [2.45, 2.75) is 32.5 Å². The highest BCUT2D eigenvalue weighted by Crippen LogP contribution is 2.44. The molecule has 0 radical (unpaired) electrons. The first-order chi connectivity index (χ1) is 13.9. The average molecular weight is 461 g/mol. The number of alkyl halides is 5. The summed E-state index contributed by atoms with van der Waals surface area (Å²) in [5, 5.41) is 0.915. The van der Waals surface area contributed by atoms with Crippen molar-refractivity contribution >= 4 is 44.7 Å². The van der Waals surface area contributed by atoms with Crippen LogP contribution in [0.15, 0.2) is 35.1 Å². The van der Waals surface area contributed by atoms with Crippen LogP contribution in [0.3, 0.4) is 0 Å². The van der Waals surface area contributed by atoms with Crippen LogP contribution in [0.4, 0.5) is 22.0 Å². The summed E-state index contributed by atoms with van der Waals surface area (Å²) in [5.74, 6) is -4.93. The van der Waals surface area contributed by atoms with Crippen LogP contribution in [0.2, 0.25) is 5.02 Å². The second-order valence-corrected chi connectivity index (χ2v) is 8.73. The fourth-order valence-electron chi connectivity index (χ4n) is 3.68. The van der Waals surface area contributed by atoms with Crippen molar-refractivity contribution in [3.8, 4) is 10.6 Å². The number of hydrogen-bond donors (Lipinski definition) is 1. The molecule has 0 bridgehead atoms. The summed E-state index contributed by atoms with van der Waals surface area (Å²) in [4.78, 5) is 15.8. The number of fused-ring (bicyclic) bond motifs is 3. The number of rotatable bonds is 3. The van der Waals surface area contributed by atoms with Crippen LogP contribution < -0.4 is 5.56 Å². The summed E-state index contributed by atoms with van der Waals surface area (Å²) < 4.78 is 68.2. The molecule has 0 amide bonds. The average Bonchev–Trinajstić information content (AvgIpc) is 3.15. The van der Waals surface area contributed by atoms with Gasteiger partial charge in [-0.25, -0.2) is 0 Å². The fourth-order valence-corrected chi connectivity index (χ4v) is 4.95. The zero-order valence-electron chi connectivity index (χ0n) is 15.6. The van der Waals surface area contributed by atoms with Gasteiger partial charge in [0.15, 0.2) is 0 Å². The summed E-state index contributed by atoms with van der Waals surface area (Å²) in [6, 6.07) is 7.49. The molecule has 1 aromatic carbocycles. The molecule has 3 aromatic heterocycles. The van der Waals surface area contributed by atoms with Gasteiger partial charge in [0, 0.05) is 27.2 Å². The van der Waals surface area contributed by atoms with E-state index in [-0.39, 0.29) is 16.2 Å². The number of H-pyrrole nitrogens is 1. The SMILES string of the molecule is Cc1ccc(-c2c(C)c3c4c(Cl)cc(=O)[nH]c4ccc3n2CC(F)(F)C(F)(F)F)s1. The lowest BCUT2D eigenvalue weighted by Crippen LogP contribution is -2.40. The number of thiophene rings is 1. The van der Waals surface area contributed by atoms with Crippen molar-refractivity contribution in [3.63, 3.8) is 0 Å². The number of hydrogen-bond acceptors (Lipinski definition) is 2. The van der Waals surface area contributed by atoms with Crippen molar-refractivity contribution in [1.82, 2.24) is 9.55 Å². The molecule has 3 heterocycles. The van der Waals surface area contributed by atoms with Gasteiger partial charge in [-0.15, -0.1) is 11.3 Å². The number of benzene rings is 1. The van der Waals surface area contributed by atoms with Crippen molar-refractivity contribution in [1.29, 1.82) is 0 Å². The lowest BCUT2D eigenvalue weighted by molar-refractivity contribution is -0.286. The van der Waals surface area contributed by atoms with E-state index in [1.807, 2.05) is 6.92 Å². The smallest absolute Gasteiger partial charge is 0.333 e. The van der Waals surface area contributed by atoms with Crippen LogP contribution in [0.5, 0.6) is 0 Å². The van der Waals surface area contributed by atoms with Gasteiger partial charge in [0.1, 0.15) is 0 Å². The molecule has 10 heteroatoms. The quantitative estimate of drug-likeness (QED) is 0.340. The summed E-state index contributed by atoms with van der Waals surface area (Å²) in [7, 11) is 0. The van der Waals surface area contributed by atoms with Gasteiger partial charge in [0.2, 0.25) is 5.56 Å². The minimum Gasteiger partial charge on any atom is -0.333 e. The third kappa shape index (κ3) is 3.20. The molecular weight excluding hydrogens is 447 g/mol. The highest BCUT2D eigenvalue weighted by Gasteiger charge is 2.57. The lowest BCUT2D eigenvalue weighted by atomic mass is 10.1. The van der Waals surface area contributed by atoms with Crippen molar-refractivity contribution in [2.75, 3.05) is 0 Å². The maximum atomic E-state index is 14.1. The molecule has 0 fully saturated rings. The summed E-state index contributed by atoms with van der Waals surface area (Å²) in [6.45, 7) is 1.90. The van der Waals surface area contributed by atoms with Crippen molar-refractivity contribution < 1.29 is 22.0 Å². The Hall–Kier alpha value is -2.39. The normalized spacial score (nSPS) is 12.9. The van der Waals surface area contributed by atoms with E-state index in [0.29, 0.717) is 26.7 Å². The second kappa shape index (κ2) is 6.81. The van der Waals surface area contributed by atoms with Gasteiger partial charge < -0.3 is 9.55 Å². The van der Waals surface area contributed by atoms with Crippen molar-refractivity contribution in [3.05, 3.63) is 56.1 Å². The van der Waals surface area contributed by atoms with Gasteiger partial charge in [0.05, 0.1) is 27.7 Å². The predicted molar refractivity (Wildman–Crippen MR) is 109 cm³/mol. The van der Waals surface area contributed by atoms with Gasteiger partial charge in [-0.2, -0.15) is 22.0 Å². The first-order valence-electron chi connectivity index (χ1n) is 8.76. The van der Waals surface area contributed by atoms with E-state index in [4.69, 9.17) is 11.6 Å². The van der Waals surface area contributed by atoms with Crippen LogP contribution >= 0.6 is 22.9 Å². The topological polar surface area (TPSA) is 37.8 Å². The molecule has 1 N–H and O–H groups in total. The maximum absolute atomic E-state index is 14.1. The summed E-state index contributed by atoms with van der Waals surface area (Å²) in [5.41, 5.74) is 0.878. The number of aryl methyl sites for hydroxylation is 2. The van der Waals surface area contributed by atoms with E-state index in [9.17, 15) is 26.7 Å². The summed E-state index contributed by atoms with van der Waals surface area (Å²) >= 11 is 7.57. The first-order valence-corrected chi connectivity index (χ1v) is 9.96. The summed E-state index contributed by atoms with van der Waals surface area (Å²) in [6.07, 6.45) is -5.69. The Labute approximate surface area is 175 Å². The van der Waals surface area contributed by atoms with E-state index in [1.54, 1.807) is 19.1 Å². The standard InChI is InChI=1S/C20H14ClF5N2OS/c1-9-3-6-14(30-9)18-10(2)16-13(28(18)8-19(22,23)20(24,25)26)5-4-12-17(16)11(21)7-15(29)27-12/h3-7H,8H2,1-2H3,(H,27,29). The molecule has 3 nitrogen and oxygen atoms in total. The Morgan fingerprint density at radius 2 is 1.77 bits per heavy atom. The highest BCUT2D eigenvalue weighted by molar-refractivity contribution is 7.15. The Morgan fingerprint density at radius 1 is 1.07 bits per heavy atom. The van der Waals surface area contributed by atoms with Gasteiger partial charge >= 0.3 is 12.1 Å². The van der Waals surface area contributed by atoms with Crippen LogP contribution in [-0.2, 0) is 6.54 Å². The fraction of sp³-hybridized carbons (Fsp3) is 0.250. The third-order valence-electron chi connectivity index (χ3n) is 4.97. The van der Waals surface area contributed by atoms with Crippen LogP contribution in [0.25, 0.3) is 32.4 Å². The Kier molecular flexibility index (Phi) is 4.74. The number of nitrogens with zero attached hydrogens (tertiary/aromatic N) is 1. The van der Waals surface area contributed by atoms with E-state index >= 15 is 0 Å². The molecule has 4 aromatic rings.